The quantitative estimate of drug-likeness (QED) is 0.667. The fourth-order valence-corrected chi connectivity index (χ4v) is 2.52. The molecule has 1 aliphatic heterocycles. The zero-order valence-corrected chi connectivity index (χ0v) is 14.9. The third kappa shape index (κ3) is 5.17. The van der Waals surface area contributed by atoms with Crippen molar-refractivity contribution in [3.63, 3.8) is 0 Å². The third-order valence-electron chi connectivity index (χ3n) is 3.87. The fourth-order valence-electron chi connectivity index (χ4n) is 2.52. The second kappa shape index (κ2) is 8.99. The predicted molar refractivity (Wildman–Crippen MR) is 99.4 cm³/mol. The van der Waals surface area contributed by atoms with E-state index in [2.05, 4.69) is 17.2 Å². The Morgan fingerprint density at radius 3 is 2.52 bits per heavy atom. The molecule has 2 aromatic rings. The minimum Gasteiger partial charge on any atom is -0.465 e. The van der Waals surface area contributed by atoms with Gasteiger partial charge >= 0.3 is 5.97 Å². The number of nitrogens with one attached hydrogen (secondary N) is 1. The molecule has 27 heavy (non-hydrogen) atoms. The maximum Gasteiger partial charge on any atom is 0.337 e. The Bertz CT molecular complexity index is 891. The minimum absolute atomic E-state index is 0.245. The van der Waals surface area contributed by atoms with Gasteiger partial charge in [-0.1, -0.05) is 24.0 Å². The number of benzene rings is 2. The maximum atomic E-state index is 12.2. The Kier molecular flexibility index (Phi) is 6.21. The Balaban J connectivity index is 1.70. The van der Waals surface area contributed by atoms with Crippen LogP contribution in [0.1, 0.15) is 21.5 Å². The van der Waals surface area contributed by atoms with Crippen molar-refractivity contribution in [1.82, 2.24) is 0 Å². The number of hydrogen-bond acceptors (Lipinski definition) is 5. The van der Waals surface area contributed by atoms with Crippen LogP contribution in [0.5, 0.6) is 0 Å². The molecule has 6 heteroatoms. The van der Waals surface area contributed by atoms with E-state index in [1.807, 2.05) is 18.2 Å². The molecular formula is C21H19NO5. The molecule has 1 heterocycles. The zero-order chi connectivity index (χ0) is 19.1. The Morgan fingerprint density at radius 2 is 1.81 bits per heavy atom. The van der Waals surface area contributed by atoms with Crippen molar-refractivity contribution in [2.45, 2.75) is 6.10 Å². The summed E-state index contributed by atoms with van der Waals surface area (Å²) in [5, 5.41) is 2.81. The second-order valence-corrected chi connectivity index (χ2v) is 5.83. The average Bonchev–Trinajstić information content (AvgIpc) is 2.73. The van der Waals surface area contributed by atoms with Crippen LogP contribution in [0, 0.1) is 11.8 Å². The van der Waals surface area contributed by atoms with Gasteiger partial charge in [0.25, 0.3) is 5.91 Å². The molecule has 1 fully saturated rings. The number of rotatable bonds is 3. The van der Waals surface area contributed by atoms with Gasteiger partial charge in [0, 0.05) is 16.8 Å². The largest absolute Gasteiger partial charge is 0.465 e. The standard InChI is InChI=1S/C21H19NO5/c1-25-21(24)17-6-2-4-15(12-17)8-9-16-5-3-7-18(13-16)22-20(23)19-14-26-10-11-27-19/h2-7,12-13,19H,10-11,14H2,1H3,(H,22,23). The minimum atomic E-state index is -0.602. The van der Waals surface area contributed by atoms with E-state index in [4.69, 9.17) is 14.2 Å². The number of carbonyl (C=O) groups excluding carboxylic acids is 2. The molecule has 0 aliphatic carbocycles. The SMILES string of the molecule is COC(=O)c1cccc(C#Cc2cccc(NC(=O)C3COCCO3)c2)c1. The lowest BCUT2D eigenvalue weighted by molar-refractivity contribution is -0.142. The lowest BCUT2D eigenvalue weighted by Gasteiger charge is -2.22. The maximum absolute atomic E-state index is 12.2. The molecule has 0 saturated carbocycles. The first-order valence-electron chi connectivity index (χ1n) is 8.46. The van der Waals surface area contributed by atoms with Gasteiger partial charge < -0.3 is 19.5 Å². The van der Waals surface area contributed by atoms with Gasteiger partial charge in [-0.25, -0.2) is 4.79 Å². The first kappa shape index (κ1) is 18.6. The van der Waals surface area contributed by atoms with Gasteiger partial charge in [0.2, 0.25) is 0 Å². The zero-order valence-electron chi connectivity index (χ0n) is 14.9. The summed E-state index contributed by atoms with van der Waals surface area (Å²) in [5.41, 5.74) is 2.50. The van der Waals surface area contributed by atoms with Crippen molar-refractivity contribution in [2.24, 2.45) is 0 Å². The van der Waals surface area contributed by atoms with Gasteiger partial charge in [0.1, 0.15) is 0 Å². The summed E-state index contributed by atoms with van der Waals surface area (Å²) in [5.74, 6) is 5.39. The first-order chi connectivity index (χ1) is 13.2. The highest BCUT2D eigenvalue weighted by molar-refractivity contribution is 5.94. The normalized spacial score (nSPS) is 16.0. The summed E-state index contributed by atoms with van der Waals surface area (Å²) in [6, 6.07) is 14.1. The molecule has 0 bridgehead atoms. The molecule has 6 nitrogen and oxygen atoms in total. The number of anilines is 1. The van der Waals surface area contributed by atoms with Crippen LogP contribution in [0.2, 0.25) is 0 Å². The van der Waals surface area contributed by atoms with Crippen molar-refractivity contribution < 1.29 is 23.8 Å². The molecule has 1 N–H and O–H groups in total. The predicted octanol–water partition coefficient (Wildman–Crippen LogP) is 2.23. The molecular weight excluding hydrogens is 346 g/mol. The lowest BCUT2D eigenvalue weighted by Crippen LogP contribution is -2.39. The molecule has 0 radical (unpaired) electrons. The van der Waals surface area contributed by atoms with Crippen LogP contribution in [0.25, 0.3) is 0 Å². The third-order valence-corrected chi connectivity index (χ3v) is 3.87. The summed E-state index contributed by atoms with van der Waals surface area (Å²) in [7, 11) is 1.34. The number of carbonyl (C=O) groups is 2. The summed E-state index contributed by atoms with van der Waals surface area (Å²) < 4.78 is 15.3. The average molecular weight is 365 g/mol. The highest BCUT2D eigenvalue weighted by Gasteiger charge is 2.22. The smallest absolute Gasteiger partial charge is 0.337 e. The van der Waals surface area contributed by atoms with E-state index in [0.29, 0.717) is 30.0 Å². The van der Waals surface area contributed by atoms with Crippen molar-refractivity contribution in [2.75, 3.05) is 32.2 Å². The van der Waals surface area contributed by atoms with Gasteiger partial charge in [0.05, 0.1) is 32.5 Å². The molecule has 1 saturated heterocycles. The molecule has 1 aliphatic rings. The summed E-state index contributed by atoms with van der Waals surface area (Å²) in [6.45, 7) is 1.17. The number of ether oxygens (including phenoxy) is 3. The summed E-state index contributed by atoms with van der Waals surface area (Å²) in [4.78, 5) is 23.8. The number of methoxy groups -OCH3 is 1. The van der Waals surface area contributed by atoms with Crippen LogP contribution >= 0.6 is 0 Å². The molecule has 1 amide bonds. The lowest BCUT2D eigenvalue weighted by atomic mass is 10.1. The van der Waals surface area contributed by atoms with Crippen molar-refractivity contribution in [3.05, 3.63) is 65.2 Å². The Hall–Kier alpha value is -3.14. The van der Waals surface area contributed by atoms with E-state index in [1.54, 1.807) is 30.3 Å². The molecule has 138 valence electrons. The van der Waals surface area contributed by atoms with Gasteiger partial charge in [0.15, 0.2) is 6.10 Å². The Morgan fingerprint density at radius 1 is 1.07 bits per heavy atom. The highest BCUT2D eigenvalue weighted by atomic mass is 16.6. The van der Waals surface area contributed by atoms with Crippen molar-refractivity contribution >= 4 is 17.6 Å². The number of esters is 1. The van der Waals surface area contributed by atoms with E-state index in [0.717, 1.165) is 5.56 Å². The molecule has 1 unspecified atom stereocenters. The van der Waals surface area contributed by atoms with Crippen LogP contribution in [0.3, 0.4) is 0 Å². The van der Waals surface area contributed by atoms with E-state index < -0.39 is 12.1 Å². The number of hydrogen-bond donors (Lipinski definition) is 1. The molecule has 1 atom stereocenters. The summed E-state index contributed by atoms with van der Waals surface area (Å²) in [6.07, 6.45) is -0.602. The van der Waals surface area contributed by atoms with E-state index in [-0.39, 0.29) is 12.5 Å². The van der Waals surface area contributed by atoms with Gasteiger partial charge in [-0.2, -0.15) is 0 Å². The Labute approximate surface area is 157 Å². The van der Waals surface area contributed by atoms with E-state index in [1.165, 1.54) is 7.11 Å². The van der Waals surface area contributed by atoms with Crippen LogP contribution in [-0.4, -0.2) is 44.9 Å². The topological polar surface area (TPSA) is 73.9 Å². The number of amides is 1. The monoisotopic (exact) mass is 365 g/mol. The summed E-state index contributed by atoms with van der Waals surface area (Å²) >= 11 is 0. The van der Waals surface area contributed by atoms with Crippen LogP contribution in [-0.2, 0) is 19.0 Å². The van der Waals surface area contributed by atoms with Gasteiger partial charge in [-0.15, -0.1) is 0 Å². The van der Waals surface area contributed by atoms with Crippen molar-refractivity contribution in [3.8, 4) is 11.8 Å². The second-order valence-electron chi connectivity index (χ2n) is 5.83. The van der Waals surface area contributed by atoms with Crippen LogP contribution in [0.4, 0.5) is 5.69 Å². The van der Waals surface area contributed by atoms with E-state index >= 15 is 0 Å². The van der Waals surface area contributed by atoms with Gasteiger partial charge in [-0.3, -0.25) is 4.79 Å². The molecule has 2 aromatic carbocycles. The van der Waals surface area contributed by atoms with Gasteiger partial charge in [-0.05, 0) is 36.4 Å². The van der Waals surface area contributed by atoms with Crippen LogP contribution < -0.4 is 5.32 Å². The molecule has 3 rings (SSSR count). The fraction of sp³-hybridized carbons (Fsp3) is 0.238. The first-order valence-corrected chi connectivity index (χ1v) is 8.46. The van der Waals surface area contributed by atoms with Crippen LogP contribution in [0.15, 0.2) is 48.5 Å². The van der Waals surface area contributed by atoms with Crippen molar-refractivity contribution in [1.29, 1.82) is 0 Å². The highest BCUT2D eigenvalue weighted by Crippen LogP contribution is 2.12. The molecule has 0 spiro atoms. The molecule has 0 aromatic heterocycles. The van der Waals surface area contributed by atoms with E-state index in [9.17, 15) is 9.59 Å².